The highest BCUT2D eigenvalue weighted by Gasteiger charge is 2.33. The van der Waals surface area contributed by atoms with Crippen LogP contribution < -0.4 is 4.74 Å². The highest BCUT2D eigenvalue weighted by Crippen LogP contribution is 2.41. The van der Waals surface area contributed by atoms with Gasteiger partial charge < -0.3 is 14.6 Å². The molecule has 5 nitrogen and oxygen atoms in total. The van der Waals surface area contributed by atoms with Crippen LogP contribution in [0, 0.1) is 7.14 Å². The number of aliphatic imine (C=N–C) groups is 1. The van der Waals surface area contributed by atoms with E-state index >= 15 is 0 Å². The molecule has 1 aliphatic heterocycles. The minimum atomic E-state index is -0.601. The van der Waals surface area contributed by atoms with Crippen molar-refractivity contribution in [3.05, 3.63) is 106 Å². The molecule has 3 aromatic carbocycles. The number of halogens is 3. The molecule has 3 aromatic rings. The highest BCUT2D eigenvalue weighted by atomic mass is 127. The summed E-state index contributed by atoms with van der Waals surface area (Å²) in [5, 5.41) is 11.3. The van der Waals surface area contributed by atoms with E-state index in [9.17, 15) is 9.90 Å². The van der Waals surface area contributed by atoms with Gasteiger partial charge in [-0.05, 0) is 122 Å². The Bertz CT molecular complexity index is 1350. The van der Waals surface area contributed by atoms with Crippen LogP contribution in [0.3, 0.4) is 0 Å². The van der Waals surface area contributed by atoms with Gasteiger partial charge in [-0.3, -0.25) is 0 Å². The Labute approximate surface area is 249 Å². The van der Waals surface area contributed by atoms with Crippen molar-refractivity contribution in [2.24, 2.45) is 4.99 Å². The number of esters is 1. The molecule has 1 aliphatic rings. The minimum absolute atomic E-state index is 0.0724. The summed E-state index contributed by atoms with van der Waals surface area (Å²) in [5.74, 6) is 0.00247. The summed E-state index contributed by atoms with van der Waals surface area (Å²) in [6, 6.07) is 21.4. The molecule has 0 fully saturated rings. The van der Waals surface area contributed by atoms with Gasteiger partial charge in [-0.25, -0.2) is 9.79 Å². The molecule has 0 saturated carbocycles. The number of thioether (sulfide) groups is 1. The lowest BCUT2D eigenvalue weighted by Crippen LogP contribution is -2.12. The molecule has 36 heavy (non-hydrogen) atoms. The molecule has 4 rings (SSSR count). The lowest BCUT2D eigenvalue weighted by Gasteiger charge is -2.12. The summed E-state index contributed by atoms with van der Waals surface area (Å²) in [6.07, 6.45) is 1.82. The molecular weight excluding hydrogens is 768 g/mol. The van der Waals surface area contributed by atoms with Crippen LogP contribution in [0.15, 0.2) is 92.4 Å². The fourth-order valence-electron chi connectivity index (χ4n) is 3.30. The van der Waals surface area contributed by atoms with Gasteiger partial charge in [0.15, 0.2) is 0 Å². The molecule has 0 bridgehead atoms. The summed E-state index contributed by atoms with van der Waals surface area (Å²) in [5.41, 5.74) is 2.68. The Morgan fingerprint density at radius 2 is 1.83 bits per heavy atom. The summed E-state index contributed by atoms with van der Waals surface area (Å²) in [6.45, 7) is 2.38. The Balaban J connectivity index is 1.62. The molecule has 0 unspecified atom stereocenters. The maximum absolute atomic E-state index is 12.6. The van der Waals surface area contributed by atoms with E-state index in [1.54, 1.807) is 6.92 Å². The topological polar surface area (TPSA) is 68.1 Å². The Kier molecular flexibility index (Phi) is 9.53. The van der Waals surface area contributed by atoms with E-state index in [2.05, 4.69) is 66.1 Å². The van der Waals surface area contributed by atoms with Gasteiger partial charge >= 0.3 is 5.97 Å². The number of hydrogen-bond acceptors (Lipinski definition) is 6. The maximum atomic E-state index is 12.6. The number of carbonyl (C=O) groups is 1. The molecule has 0 amide bonds. The summed E-state index contributed by atoms with van der Waals surface area (Å²) in [7, 11) is 0. The summed E-state index contributed by atoms with van der Waals surface area (Å²) >= 11 is 9.36. The first kappa shape index (κ1) is 27.2. The van der Waals surface area contributed by atoms with Crippen LogP contribution in [-0.4, -0.2) is 22.7 Å². The van der Waals surface area contributed by atoms with Crippen molar-refractivity contribution < 1.29 is 19.4 Å². The van der Waals surface area contributed by atoms with Crippen LogP contribution in [0.2, 0.25) is 0 Å². The largest absolute Gasteiger partial charge is 0.506 e. The average molecular weight is 788 g/mol. The third-order valence-electron chi connectivity index (χ3n) is 4.97. The van der Waals surface area contributed by atoms with Crippen LogP contribution in [0.4, 0.5) is 5.69 Å². The Morgan fingerprint density at radius 3 is 2.50 bits per heavy atom. The van der Waals surface area contributed by atoms with Crippen LogP contribution in [0.1, 0.15) is 18.1 Å². The van der Waals surface area contributed by atoms with Gasteiger partial charge in [-0.1, -0.05) is 42.1 Å². The third kappa shape index (κ3) is 6.73. The SMILES string of the molecule is CCOC(=O)C1=C(O)/C(=C/c2cc(Br)c(OCc3ccc(I)cc3)c(I)c2)SC1=Nc1ccccc1. The molecule has 0 spiro atoms. The van der Waals surface area contributed by atoms with Crippen molar-refractivity contribution in [3.8, 4) is 5.75 Å². The third-order valence-corrected chi connectivity index (χ3v) is 8.10. The standard InChI is InChI=1S/C27H20BrI2NO4S/c1-2-34-27(33)23-24(32)22(36-26(23)31-19-6-4-3-5-7-19)14-17-12-20(28)25(21(30)13-17)35-15-16-8-10-18(29)11-9-16/h3-14,32H,2,15H2,1H3/b22-14-,31-26?. The number of aliphatic hydroxyl groups excluding tert-OH is 1. The number of rotatable bonds is 7. The zero-order valence-corrected chi connectivity index (χ0v) is 25.7. The fourth-order valence-corrected chi connectivity index (χ4v) is 6.46. The van der Waals surface area contributed by atoms with Gasteiger partial charge in [0.2, 0.25) is 0 Å². The van der Waals surface area contributed by atoms with Crippen molar-refractivity contribution in [1.82, 2.24) is 0 Å². The lowest BCUT2D eigenvalue weighted by molar-refractivity contribution is -0.138. The highest BCUT2D eigenvalue weighted by molar-refractivity contribution is 14.1. The molecule has 1 heterocycles. The van der Waals surface area contributed by atoms with E-state index in [0.29, 0.717) is 22.2 Å². The number of aliphatic hydroxyl groups is 1. The first-order valence-corrected chi connectivity index (χ1v) is 14.6. The van der Waals surface area contributed by atoms with E-state index in [4.69, 9.17) is 9.47 Å². The molecule has 184 valence electrons. The second kappa shape index (κ2) is 12.6. The normalized spacial score (nSPS) is 15.6. The van der Waals surface area contributed by atoms with Crippen molar-refractivity contribution >= 4 is 95.6 Å². The van der Waals surface area contributed by atoms with Gasteiger partial charge in [0.1, 0.15) is 28.7 Å². The summed E-state index contributed by atoms with van der Waals surface area (Å²) < 4.78 is 14.1. The minimum Gasteiger partial charge on any atom is -0.506 e. The van der Waals surface area contributed by atoms with Crippen LogP contribution >= 0.6 is 72.9 Å². The van der Waals surface area contributed by atoms with Gasteiger partial charge in [0, 0.05) is 3.57 Å². The predicted molar refractivity (Wildman–Crippen MR) is 166 cm³/mol. The quantitative estimate of drug-likeness (QED) is 0.193. The van der Waals surface area contributed by atoms with E-state index < -0.39 is 5.97 Å². The maximum Gasteiger partial charge on any atom is 0.344 e. The number of hydrogen-bond donors (Lipinski definition) is 1. The fraction of sp³-hybridized carbons (Fsp3) is 0.111. The number of nitrogens with zero attached hydrogens (tertiary/aromatic N) is 1. The molecule has 0 aromatic heterocycles. The van der Waals surface area contributed by atoms with Gasteiger partial charge in [-0.2, -0.15) is 0 Å². The lowest BCUT2D eigenvalue weighted by atomic mass is 10.1. The number of carbonyl (C=O) groups excluding carboxylic acids is 1. The summed E-state index contributed by atoms with van der Waals surface area (Å²) in [4.78, 5) is 17.7. The van der Waals surface area contributed by atoms with Gasteiger partial charge in [0.25, 0.3) is 0 Å². The second-order valence-corrected chi connectivity index (χ2v) is 11.8. The molecule has 0 saturated heterocycles. The smallest absolute Gasteiger partial charge is 0.344 e. The van der Waals surface area contributed by atoms with E-state index in [0.717, 1.165) is 24.9 Å². The molecule has 0 atom stereocenters. The van der Waals surface area contributed by atoms with Crippen LogP contribution in [-0.2, 0) is 16.1 Å². The molecule has 0 aliphatic carbocycles. The average Bonchev–Trinajstić information content (AvgIpc) is 3.14. The van der Waals surface area contributed by atoms with E-state index in [1.165, 1.54) is 15.3 Å². The van der Waals surface area contributed by atoms with Crippen LogP contribution in [0.25, 0.3) is 6.08 Å². The zero-order valence-electron chi connectivity index (χ0n) is 19.0. The van der Waals surface area contributed by atoms with Crippen molar-refractivity contribution in [1.29, 1.82) is 0 Å². The van der Waals surface area contributed by atoms with Crippen LogP contribution in [0.5, 0.6) is 5.75 Å². The monoisotopic (exact) mass is 787 g/mol. The zero-order chi connectivity index (χ0) is 25.7. The van der Waals surface area contributed by atoms with Crippen molar-refractivity contribution in [2.75, 3.05) is 6.61 Å². The van der Waals surface area contributed by atoms with E-state index in [-0.39, 0.29) is 17.9 Å². The Morgan fingerprint density at radius 1 is 1.11 bits per heavy atom. The number of para-hydroxylation sites is 1. The van der Waals surface area contributed by atoms with Crippen molar-refractivity contribution in [3.63, 3.8) is 0 Å². The molecule has 0 radical (unpaired) electrons. The predicted octanol–water partition coefficient (Wildman–Crippen LogP) is 8.43. The number of ether oxygens (including phenoxy) is 2. The first-order chi connectivity index (χ1) is 17.4. The second-order valence-electron chi connectivity index (χ2n) is 7.54. The van der Waals surface area contributed by atoms with Gasteiger partial charge in [-0.15, -0.1) is 0 Å². The first-order valence-electron chi connectivity index (χ1n) is 10.9. The van der Waals surface area contributed by atoms with Crippen molar-refractivity contribution in [2.45, 2.75) is 13.5 Å². The molecule has 9 heteroatoms. The Hall–Kier alpha value is -1.83. The molecular formula is C27H20BrI2NO4S. The van der Waals surface area contributed by atoms with Gasteiger partial charge in [0.05, 0.1) is 25.2 Å². The number of benzene rings is 3. The molecule has 1 N–H and O–H groups in total. The van der Waals surface area contributed by atoms with E-state index in [1.807, 2.05) is 72.8 Å².